The van der Waals surface area contributed by atoms with E-state index in [-0.39, 0.29) is 17.9 Å². The molecule has 1 fully saturated rings. The summed E-state index contributed by atoms with van der Waals surface area (Å²) in [6.07, 6.45) is 0.339. The van der Waals surface area contributed by atoms with Gasteiger partial charge in [0.05, 0.1) is 16.8 Å². The molecule has 96 valence electrons. The minimum Gasteiger partial charge on any atom is -0.398 e. The molecule has 0 bridgehead atoms. The molecule has 3 N–H and O–H groups in total. The second kappa shape index (κ2) is 4.86. The van der Waals surface area contributed by atoms with Gasteiger partial charge >= 0.3 is 0 Å². The lowest BCUT2D eigenvalue weighted by atomic mass is 10.1. The van der Waals surface area contributed by atoms with E-state index < -0.39 is 0 Å². The van der Waals surface area contributed by atoms with Crippen LogP contribution >= 0.6 is 11.6 Å². The van der Waals surface area contributed by atoms with Gasteiger partial charge in [0.15, 0.2) is 0 Å². The monoisotopic (exact) mass is 267 g/mol. The summed E-state index contributed by atoms with van der Waals surface area (Å²) in [7, 11) is 1.72. The van der Waals surface area contributed by atoms with Crippen LogP contribution in [0, 0.1) is 0 Å². The first-order valence-electron chi connectivity index (χ1n) is 5.57. The SMILES string of the molecule is CN1CC(NC(=O)c2ccc(Cl)c(N)c2)CC1=O. The van der Waals surface area contributed by atoms with E-state index in [0.29, 0.717) is 29.2 Å². The molecule has 1 aliphatic heterocycles. The van der Waals surface area contributed by atoms with E-state index in [1.165, 1.54) is 6.07 Å². The second-order valence-corrected chi connectivity index (χ2v) is 4.79. The molecule has 1 heterocycles. The quantitative estimate of drug-likeness (QED) is 0.781. The highest BCUT2D eigenvalue weighted by atomic mass is 35.5. The molecule has 1 aliphatic rings. The summed E-state index contributed by atoms with van der Waals surface area (Å²) in [4.78, 5) is 24.9. The maximum atomic E-state index is 11.9. The largest absolute Gasteiger partial charge is 0.398 e. The van der Waals surface area contributed by atoms with Crippen LogP contribution in [0.5, 0.6) is 0 Å². The maximum absolute atomic E-state index is 11.9. The number of benzene rings is 1. The molecule has 1 aromatic rings. The summed E-state index contributed by atoms with van der Waals surface area (Å²) in [5.74, 6) is -0.206. The Kier molecular flexibility index (Phi) is 3.43. The number of nitrogens with zero attached hydrogens (tertiary/aromatic N) is 1. The Balaban J connectivity index is 2.04. The Bertz CT molecular complexity index is 504. The number of nitrogens with two attached hydrogens (primary N) is 1. The molecule has 0 spiro atoms. The van der Waals surface area contributed by atoms with Crippen molar-refractivity contribution < 1.29 is 9.59 Å². The van der Waals surface area contributed by atoms with Gasteiger partial charge in [0.25, 0.3) is 5.91 Å². The normalized spacial score (nSPS) is 19.1. The number of nitrogens with one attached hydrogen (secondary N) is 1. The van der Waals surface area contributed by atoms with Crippen molar-refractivity contribution >= 4 is 29.1 Å². The Morgan fingerprint density at radius 3 is 2.83 bits per heavy atom. The number of anilines is 1. The lowest BCUT2D eigenvalue weighted by Gasteiger charge is -2.12. The first-order valence-corrected chi connectivity index (χ1v) is 5.95. The van der Waals surface area contributed by atoms with E-state index in [2.05, 4.69) is 5.32 Å². The summed E-state index contributed by atoms with van der Waals surface area (Å²) in [6, 6.07) is 4.57. The predicted octanol–water partition coefficient (Wildman–Crippen LogP) is 0.883. The molecule has 1 atom stereocenters. The Morgan fingerprint density at radius 2 is 2.28 bits per heavy atom. The van der Waals surface area contributed by atoms with Gasteiger partial charge in [-0.1, -0.05) is 11.6 Å². The molecule has 0 aliphatic carbocycles. The van der Waals surface area contributed by atoms with E-state index in [1.54, 1.807) is 24.1 Å². The number of hydrogen-bond donors (Lipinski definition) is 2. The molecule has 0 radical (unpaired) electrons. The minimum atomic E-state index is -0.244. The van der Waals surface area contributed by atoms with E-state index in [4.69, 9.17) is 17.3 Å². The lowest BCUT2D eigenvalue weighted by molar-refractivity contribution is -0.126. The van der Waals surface area contributed by atoms with Crippen LogP contribution in [0.3, 0.4) is 0 Å². The predicted molar refractivity (Wildman–Crippen MR) is 69.4 cm³/mol. The van der Waals surface area contributed by atoms with Crippen LogP contribution < -0.4 is 11.1 Å². The van der Waals surface area contributed by atoms with Gasteiger partial charge in [-0.2, -0.15) is 0 Å². The average molecular weight is 268 g/mol. The highest BCUT2D eigenvalue weighted by Crippen LogP contribution is 2.19. The molecule has 2 amide bonds. The van der Waals surface area contributed by atoms with Crippen LogP contribution in [0.4, 0.5) is 5.69 Å². The number of halogens is 1. The van der Waals surface area contributed by atoms with E-state index in [1.807, 2.05) is 0 Å². The first-order chi connectivity index (χ1) is 8.47. The minimum absolute atomic E-state index is 0.0379. The average Bonchev–Trinajstić information content (AvgIpc) is 2.61. The van der Waals surface area contributed by atoms with Crippen LogP contribution in [0.25, 0.3) is 0 Å². The third-order valence-corrected chi connectivity index (χ3v) is 3.28. The number of carbonyl (C=O) groups is 2. The van der Waals surface area contributed by atoms with Crippen molar-refractivity contribution in [2.45, 2.75) is 12.5 Å². The van der Waals surface area contributed by atoms with Crippen LogP contribution in [0.2, 0.25) is 5.02 Å². The number of likely N-dealkylation sites (tertiary alicyclic amines) is 1. The highest BCUT2D eigenvalue weighted by molar-refractivity contribution is 6.33. The molecule has 1 saturated heterocycles. The fraction of sp³-hybridized carbons (Fsp3) is 0.333. The van der Waals surface area contributed by atoms with E-state index in [9.17, 15) is 9.59 Å². The van der Waals surface area contributed by atoms with Crippen molar-refractivity contribution in [2.75, 3.05) is 19.3 Å². The van der Waals surface area contributed by atoms with Crippen LogP contribution in [0.15, 0.2) is 18.2 Å². The Morgan fingerprint density at radius 1 is 1.56 bits per heavy atom. The standard InChI is InChI=1S/C12H14ClN3O2/c1-16-6-8(5-11(16)17)15-12(18)7-2-3-9(13)10(14)4-7/h2-4,8H,5-6,14H2,1H3,(H,15,18). The topological polar surface area (TPSA) is 75.4 Å². The summed E-state index contributed by atoms with van der Waals surface area (Å²) in [5.41, 5.74) is 6.44. The number of hydrogen-bond acceptors (Lipinski definition) is 3. The molecule has 18 heavy (non-hydrogen) atoms. The fourth-order valence-corrected chi connectivity index (χ4v) is 2.03. The molecule has 1 aromatic carbocycles. The molecule has 2 rings (SSSR count). The van der Waals surface area contributed by atoms with Crippen LogP contribution in [0.1, 0.15) is 16.8 Å². The zero-order chi connectivity index (χ0) is 13.3. The van der Waals surface area contributed by atoms with Crippen molar-refractivity contribution in [3.8, 4) is 0 Å². The second-order valence-electron chi connectivity index (χ2n) is 4.39. The molecule has 0 aromatic heterocycles. The number of nitrogen functional groups attached to an aromatic ring is 1. The van der Waals surface area contributed by atoms with E-state index in [0.717, 1.165) is 0 Å². The van der Waals surface area contributed by atoms with Crippen molar-refractivity contribution in [1.29, 1.82) is 0 Å². The van der Waals surface area contributed by atoms with Gasteiger partial charge in [-0.15, -0.1) is 0 Å². The third-order valence-electron chi connectivity index (χ3n) is 2.93. The Hall–Kier alpha value is -1.75. The van der Waals surface area contributed by atoms with Crippen molar-refractivity contribution in [2.24, 2.45) is 0 Å². The molecule has 1 unspecified atom stereocenters. The van der Waals surface area contributed by atoms with Crippen LogP contribution in [-0.4, -0.2) is 36.3 Å². The summed E-state index contributed by atoms with van der Waals surface area (Å²) in [6.45, 7) is 0.535. The smallest absolute Gasteiger partial charge is 0.251 e. The molecular weight excluding hydrogens is 254 g/mol. The van der Waals surface area contributed by atoms with Gasteiger partial charge in [0, 0.05) is 25.6 Å². The van der Waals surface area contributed by atoms with Crippen molar-refractivity contribution in [3.63, 3.8) is 0 Å². The number of rotatable bonds is 2. The first kappa shape index (κ1) is 12.7. The molecule has 0 saturated carbocycles. The fourth-order valence-electron chi connectivity index (χ4n) is 1.91. The maximum Gasteiger partial charge on any atom is 0.251 e. The van der Waals surface area contributed by atoms with Crippen molar-refractivity contribution in [1.82, 2.24) is 10.2 Å². The van der Waals surface area contributed by atoms with Gasteiger partial charge < -0.3 is 16.0 Å². The molecular formula is C12H14ClN3O2. The number of likely N-dealkylation sites (N-methyl/N-ethyl adjacent to an activating group) is 1. The third kappa shape index (κ3) is 2.56. The summed E-state index contributed by atoms with van der Waals surface area (Å²) in [5, 5.41) is 3.22. The lowest BCUT2D eigenvalue weighted by Crippen LogP contribution is -2.36. The van der Waals surface area contributed by atoms with E-state index >= 15 is 0 Å². The summed E-state index contributed by atoms with van der Waals surface area (Å²) < 4.78 is 0. The molecule has 6 heteroatoms. The van der Waals surface area contributed by atoms with Gasteiger partial charge in [0.1, 0.15) is 0 Å². The zero-order valence-corrected chi connectivity index (χ0v) is 10.7. The Labute approximate surface area is 110 Å². The number of amides is 2. The van der Waals surface area contributed by atoms with Crippen molar-refractivity contribution in [3.05, 3.63) is 28.8 Å². The zero-order valence-electron chi connectivity index (χ0n) is 9.94. The van der Waals surface area contributed by atoms with Gasteiger partial charge in [0.2, 0.25) is 5.91 Å². The molecule has 5 nitrogen and oxygen atoms in total. The number of carbonyl (C=O) groups excluding carboxylic acids is 2. The van der Waals surface area contributed by atoms with Gasteiger partial charge in [-0.25, -0.2) is 0 Å². The van der Waals surface area contributed by atoms with Crippen LogP contribution in [-0.2, 0) is 4.79 Å². The van der Waals surface area contributed by atoms with Gasteiger partial charge in [-0.05, 0) is 18.2 Å². The van der Waals surface area contributed by atoms with Gasteiger partial charge in [-0.3, -0.25) is 9.59 Å². The summed E-state index contributed by atoms with van der Waals surface area (Å²) >= 11 is 5.79. The highest BCUT2D eigenvalue weighted by Gasteiger charge is 2.28.